The lowest BCUT2D eigenvalue weighted by atomic mass is 10.1. The minimum atomic E-state index is -3.76. The van der Waals surface area contributed by atoms with Crippen molar-refractivity contribution in [3.63, 3.8) is 0 Å². The molecule has 0 spiro atoms. The zero-order chi connectivity index (χ0) is 20.9. The number of benzene rings is 2. The Bertz CT molecular complexity index is 1130. The molecule has 0 aliphatic carbocycles. The van der Waals surface area contributed by atoms with Crippen LogP contribution in [-0.2, 0) is 10.0 Å². The number of hydrogen-bond donors (Lipinski definition) is 1. The normalized spacial score (nSPS) is 11.4. The highest BCUT2D eigenvalue weighted by atomic mass is 32.2. The molecular formula is C21H20N2O5S. The number of sulfonamides is 1. The van der Waals surface area contributed by atoms with Crippen molar-refractivity contribution in [1.82, 2.24) is 0 Å². The van der Waals surface area contributed by atoms with Crippen molar-refractivity contribution >= 4 is 27.9 Å². The summed E-state index contributed by atoms with van der Waals surface area (Å²) in [5, 5.41) is 11.5. The Hall–Kier alpha value is -3.52. The van der Waals surface area contributed by atoms with Crippen molar-refractivity contribution in [2.45, 2.75) is 4.90 Å². The standard InChI is InChI=1S/C21H20N2O5S/c1-27-18-9-11-19(12-10-18)29(25,26)22-20-6-4-3-5-17(20)8-7-16-13-14-23(24)21(15-16)28-2/h3-15,22H,1-2H3/b8-7+. The average Bonchev–Trinajstić information content (AvgIpc) is 2.74. The second-order valence-corrected chi connectivity index (χ2v) is 7.71. The molecule has 0 unspecified atom stereocenters. The smallest absolute Gasteiger partial charge is 0.379 e. The van der Waals surface area contributed by atoms with Crippen LogP contribution < -0.4 is 18.9 Å². The molecule has 1 heterocycles. The van der Waals surface area contributed by atoms with Crippen LogP contribution in [0.15, 0.2) is 71.8 Å². The van der Waals surface area contributed by atoms with Gasteiger partial charge in [0.2, 0.25) is 0 Å². The Morgan fingerprint density at radius 2 is 1.69 bits per heavy atom. The van der Waals surface area contributed by atoms with E-state index in [1.807, 2.05) is 6.07 Å². The highest BCUT2D eigenvalue weighted by molar-refractivity contribution is 7.92. The van der Waals surface area contributed by atoms with Crippen LogP contribution in [0.25, 0.3) is 12.2 Å². The zero-order valence-electron chi connectivity index (χ0n) is 15.9. The first-order valence-corrected chi connectivity index (χ1v) is 10.1. The number of hydrogen-bond acceptors (Lipinski definition) is 5. The maximum Gasteiger partial charge on any atom is 0.379 e. The van der Waals surface area contributed by atoms with Crippen molar-refractivity contribution in [3.05, 3.63) is 83.2 Å². The Morgan fingerprint density at radius 3 is 2.38 bits per heavy atom. The predicted octanol–water partition coefficient (Wildman–Crippen LogP) is 3.31. The molecule has 0 saturated carbocycles. The van der Waals surface area contributed by atoms with Gasteiger partial charge in [0.25, 0.3) is 10.0 Å². The molecule has 8 heteroatoms. The molecule has 0 fully saturated rings. The largest absolute Gasteiger partial charge is 0.616 e. The molecule has 7 nitrogen and oxygen atoms in total. The van der Waals surface area contributed by atoms with E-state index in [0.717, 1.165) is 5.56 Å². The van der Waals surface area contributed by atoms with Gasteiger partial charge in [-0.1, -0.05) is 30.4 Å². The summed E-state index contributed by atoms with van der Waals surface area (Å²) < 4.78 is 38.7. The van der Waals surface area contributed by atoms with Crippen LogP contribution in [0.1, 0.15) is 11.1 Å². The summed E-state index contributed by atoms with van der Waals surface area (Å²) in [6, 6.07) is 16.4. The molecule has 29 heavy (non-hydrogen) atoms. The Labute approximate surface area is 169 Å². The zero-order valence-corrected chi connectivity index (χ0v) is 16.7. The summed E-state index contributed by atoms with van der Waals surface area (Å²) in [6.07, 6.45) is 4.87. The molecule has 0 amide bonds. The molecule has 3 rings (SSSR count). The van der Waals surface area contributed by atoms with Gasteiger partial charge in [-0.15, -0.1) is 4.73 Å². The van der Waals surface area contributed by atoms with Crippen LogP contribution in [0.5, 0.6) is 11.6 Å². The van der Waals surface area contributed by atoms with Crippen LogP contribution in [0.2, 0.25) is 0 Å². The van der Waals surface area contributed by atoms with Crippen molar-refractivity contribution < 1.29 is 22.6 Å². The van der Waals surface area contributed by atoms with E-state index in [2.05, 4.69) is 4.72 Å². The summed E-state index contributed by atoms with van der Waals surface area (Å²) in [6.45, 7) is 0. The van der Waals surface area contributed by atoms with Crippen LogP contribution >= 0.6 is 0 Å². The fourth-order valence-corrected chi connectivity index (χ4v) is 3.70. The first-order valence-electron chi connectivity index (χ1n) is 8.64. The molecular weight excluding hydrogens is 392 g/mol. The fourth-order valence-electron chi connectivity index (χ4n) is 2.61. The van der Waals surface area contributed by atoms with Crippen LogP contribution in [0, 0.1) is 5.21 Å². The van der Waals surface area contributed by atoms with E-state index in [1.165, 1.54) is 32.5 Å². The predicted molar refractivity (Wildman–Crippen MR) is 111 cm³/mol. The quantitative estimate of drug-likeness (QED) is 0.475. The van der Waals surface area contributed by atoms with E-state index in [1.54, 1.807) is 54.6 Å². The van der Waals surface area contributed by atoms with Crippen LogP contribution in [0.4, 0.5) is 5.69 Å². The van der Waals surface area contributed by atoms with Gasteiger partial charge in [0.05, 0.1) is 30.9 Å². The number of para-hydroxylation sites is 1. The summed E-state index contributed by atoms with van der Waals surface area (Å²) in [5.41, 5.74) is 1.84. The van der Waals surface area contributed by atoms with Crippen molar-refractivity contribution in [2.24, 2.45) is 0 Å². The minimum Gasteiger partial charge on any atom is -0.616 e. The van der Waals surface area contributed by atoms with E-state index >= 15 is 0 Å². The highest BCUT2D eigenvalue weighted by Gasteiger charge is 2.15. The molecule has 150 valence electrons. The summed E-state index contributed by atoms with van der Waals surface area (Å²) >= 11 is 0. The van der Waals surface area contributed by atoms with Gasteiger partial charge in [-0.25, -0.2) is 8.42 Å². The van der Waals surface area contributed by atoms with E-state index in [-0.39, 0.29) is 10.8 Å². The van der Waals surface area contributed by atoms with Crippen LogP contribution in [-0.4, -0.2) is 22.6 Å². The number of ether oxygens (including phenoxy) is 2. The van der Waals surface area contributed by atoms with Gasteiger partial charge in [0, 0.05) is 6.07 Å². The van der Waals surface area contributed by atoms with Gasteiger partial charge in [-0.2, -0.15) is 0 Å². The molecule has 0 atom stereocenters. The van der Waals surface area contributed by atoms with Gasteiger partial charge in [-0.05, 0) is 41.5 Å². The van der Waals surface area contributed by atoms with Crippen molar-refractivity contribution in [1.29, 1.82) is 0 Å². The number of pyridine rings is 1. The highest BCUT2D eigenvalue weighted by Crippen LogP contribution is 2.23. The Kier molecular flexibility index (Phi) is 6.04. The fraction of sp³-hybridized carbons (Fsp3) is 0.0952. The van der Waals surface area contributed by atoms with E-state index in [0.29, 0.717) is 21.7 Å². The molecule has 0 aliphatic heterocycles. The first kappa shape index (κ1) is 20.2. The van der Waals surface area contributed by atoms with Gasteiger partial charge in [0.15, 0.2) is 6.20 Å². The number of nitrogens with one attached hydrogen (secondary N) is 1. The second kappa shape index (κ2) is 8.66. The number of anilines is 1. The maximum absolute atomic E-state index is 12.7. The van der Waals surface area contributed by atoms with Gasteiger partial charge in [0.1, 0.15) is 5.75 Å². The Balaban J connectivity index is 1.86. The number of nitrogens with zero attached hydrogens (tertiary/aromatic N) is 1. The van der Waals surface area contributed by atoms with Crippen molar-refractivity contribution in [3.8, 4) is 11.6 Å². The summed E-state index contributed by atoms with van der Waals surface area (Å²) in [4.78, 5) is 0.130. The maximum atomic E-state index is 12.7. The topological polar surface area (TPSA) is 91.6 Å². The molecule has 1 aromatic heterocycles. The van der Waals surface area contributed by atoms with Gasteiger partial charge in [-0.3, -0.25) is 4.72 Å². The third-order valence-electron chi connectivity index (χ3n) is 4.15. The molecule has 0 saturated heterocycles. The van der Waals surface area contributed by atoms with Crippen LogP contribution in [0.3, 0.4) is 0 Å². The number of methoxy groups -OCH3 is 2. The average molecular weight is 412 g/mol. The molecule has 0 aliphatic rings. The van der Waals surface area contributed by atoms with E-state index in [4.69, 9.17) is 9.47 Å². The molecule has 0 radical (unpaired) electrons. The molecule has 2 aromatic carbocycles. The summed E-state index contributed by atoms with van der Waals surface area (Å²) in [5.74, 6) is 0.741. The van der Waals surface area contributed by atoms with E-state index < -0.39 is 10.0 Å². The Morgan fingerprint density at radius 1 is 0.966 bits per heavy atom. The SMILES string of the molecule is COc1ccc(S(=O)(=O)Nc2ccccc2/C=C/c2cc[n+]([O-])c(OC)c2)cc1. The number of aromatic nitrogens is 1. The van der Waals surface area contributed by atoms with Gasteiger partial charge < -0.3 is 14.7 Å². The summed E-state index contributed by atoms with van der Waals surface area (Å²) in [7, 11) is -0.830. The first-order chi connectivity index (χ1) is 13.9. The molecule has 3 aromatic rings. The minimum absolute atomic E-state index is 0.130. The lowest BCUT2D eigenvalue weighted by Gasteiger charge is -2.11. The molecule has 1 N–H and O–H groups in total. The lowest BCUT2D eigenvalue weighted by molar-refractivity contribution is -0.612. The van der Waals surface area contributed by atoms with E-state index in [9.17, 15) is 13.6 Å². The molecule has 0 bridgehead atoms. The second-order valence-electron chi connectivity index (χ2n) is 6.03. The van der Waals surface area contributed by atoms with Gasteiger partial charge >= 0.3 is 5.88 Å². The lowest BCUT2D eigenvalue weighted by Crippen LogP contribution is -2.27. The third-order valence-corrected chi connectivity index (χ3v) is 5.53. The monoisotopic (exact) mass is 412 g/mol. The van der Waals surface area contributed by atoms with Crippen molar-refractivity contribution in [2.75, 3.05) is 18.9 Å². The third kappa shape index (κ3) is 4.85. The number of rotatable bonds is 7.